The van der Waals surface area contributed by atoms with Crippen LogP contribution in [0.25, 0.3) is 89.7 Å². The smallest absolute Gasteiger partial charge is 1.00 e. The number of hydrogen-bond acceptors (Lipinski definition) is 6. The largest absolute Gasteiger partial charge is 2.00 e. The molecule has 8 nitrogen and oxygen atoms in total. The number of nitrogens with one attached hydrogen (secondary N) is 2. The molecule has 3 aromatic heterocycles. The summed E-state index contributed by atoms with van der Waals surface area (Å²) in [6.45, 7) is 0. The molecule has 198 valence electrons. The van der Waals surface area contributed by atoms with Gasteiger partial charge in [-0.05, 0) is 0 Å². The van der Waals surface area contributed by atoms with Crippen LogP contribution in [0, 0.1) is 0 Å². The second-order valence-corrected chi connectivity index (χ2v) is 9.79. The normalized spacial score (nSPS) is 11.4. The average Bonchev–Trinajstić information content (AvgIpc) is 3.73. The third-order valence-corrected chi connectivity index (χ3v) is 7.46. The number of nitrogens with zero attached hydrogens (tertiary/aromatic N) is 6. The standard InChI is InChI=1S/C32H18N8.Cr.FH/c1-2-10-18-17(9-1)25-33-26(18)38-28-21-13-5-6-14-22(21)30(35-28)40-32-24-16-8-7-15-23(24)31(36-32)39-29-20-12-4-3-11-19(20)27(34-29)37-25;;/h1-16H,(H2,33,34,35,36,37,38,39,40);;1H/q;+2;/p-1. The first kappa shape index (κ1) is 25.7. The molecule has 2 aliphatic rings. The Morgan fingerprint density at radius 1 is 0.333 bits per heavy atom. The van der Waals surface area contributed by atoms with Crippen molar-refractivity contribution in [1.29, 1.82) is 0 Å². The number of halogens is 1. The van der Waals surface area contributed by atoms with E-state index < -0.39 is 0 Å². The molecule has 0 radical (unpaired) electrons. The zero-order chi connectivity index (χ0) is 26.2. The van der Waals surface area contributed by atoms with E-state index in [2.05, 4.69) is 9.97 Å². The molecule has 42 heavy (non-hydrogen) atoms. The van der Waals surface area contributed by atoms with Crippen molar-refractivity contribution < 1.29 is 22.1 Å². The van der Waals surface area contributed by atoms with E-state index in [0.717, 1.165) is 43.8 Å². The van der Waals surface area contributed by atoms with Gasteiger partial charge in [-0.1, -0.05) is 97.1 Å². The minimum atomic E-state index is 0. The monoisotopic (exact) mass is 585 g/mol. The summed E-state index contributed by atoms with van der Waals surface area (Å²) >= 11 is 0. The van der Waals surface area contributed by atoms with Gasteiger partial charge < -0.3 is 14.7 Å². The van der Waals surface area contributed by atoms with E-state index in [4.69, 9.17) is 29.9 Å². The topological polar surface area (TPSA) is 109 Å². The van der Waals surface area contributed by atoms with Gasteiger partial charge in [-0.15, -0.1) is 0 Å². The van der Waals surface area contributed by atoms with Crippen LogP contribution < -0.4 is 4.70 Å². The minimum Gasteiger partial charge on any atom is -1.00 e. The van der Waals surface area contributed by atoms with Gasteiger partial charge in [-0.3, -0.25) is 0 Å². The fourth-order valence-corrected chi connectivity index (χ4v) is 5.59. The van der Waals surface area contributed by atoms with Crippen molar-refractivity contribution >= 4 is 44.1 Å². The van der Waals surface area contributed by atoms with Gasteiger partial charge in [0, 0.05) is 43.8 Å². The molecule has 0 aliphatic carbocycles. The number of benzene rings is 4. The first-order valence-corrected chi connectivity index (χ1v) is 13.0. The summed E-state index contributed by atoms with van der Waals surface area (Å²) in [7, 11) is 0. The summed E-state index contributed by atoms with van der Waals surface area (Å²) in [4.78, 5) is 36.8. The van der Waals surface area contributed by atoms with E-state index in [9.17, 15) is 0 Å². The molecule has 5 heterocycles. The van der Waals surface area contributed by atoms with Crippen molar-refractivity contribution in [2.45, 2.75) is 0 Å². The van der Waals surface area contributed by atoms with E-state index in [-0.39, 0.29) is 22.1 Å². The van der Waals surface area contributed by atoms with Gasteiger partial charge in [0.2, 0.25) is 0 Å². The van der Waals surface area contributed by atoms with Crippen LogP contribution in [-0.2, 0) is 17.4 Å². The maximum atomic E-state index is 5.02. The molecule has 0 unspecified atom stereocenters. The number of fused-ring (bicyclic) bond motifs is 20. The van der Waals surface area contributed by atoms with Crippen LogP contribution in [-0.4, -0.2) is 39.9 Å². The van der Waals surface area contributed by atoms with Crippen LogP contribution >= 0.6 is 0 Å². The fraction of sp³-hybridized carbons (Fsp3) is 0. The van der Waals surface area contributed by atoms with Crippen LogP contribution in [0.15, 0.2) is 97.1 Å². The summed E-state index contributed by atoms with van der Waals surface area (Å²) < 4.78 is 0. The third kappa shape index (κ3) is 3.74. The Labute approximate surface area is 248 Å². The van der Waals surface area contributed by atoms with E-state index >= 15 is 0 Å². The Kier molecular flexibility index (Phi) is 5.90. The SMILES string of the molecule is [Cr+2].[F-].c1ccc2c(c1)-c1nc-2nc2[nH]c(nc3nc(nc4[nH]c(n1)c1ccccc41)-c1ccccc1-3)c1ccccc21. The van der Waals surface area contributed by atoms with Crippen molar-refractivity contribution in [3.8, 4) is 45.6 Å². The van der Waals surface area contributed by atoms with Gasteiger partial charge in [-0.25, -0.2) is 29.9 Å². The predicted molar refractivity (Wildman–Crippen MR) is 156 cm³/mol. The van der Waals surface area contributed by atoms with Crippen molar-refractivity contribution in [2.24, 2.45) is 0 Å². The number of aromatic amines is 2. The van der Waals surface area contributed by atoms with E-state index in [1.807, 2.05) is 97.1 Å². The molecule has 4 aromatic carbocycles. The zero-order valence-electron chi connectivity index (χ0n) is 21.7. The number of H-pyrrole nitrogens is 2. The molecule has 10 heteroatoms. The van der Waals surface area contributed by atoms with Crippen LogP contribution in [0.5, 0.6) is 0 Å². The predicted octanol–water partition coefficient (Wildman–Crippen LogP) is 3.87. The Balaban J connectivity index is 0.00000144. The quantitative estimate of drug-likeness (QED) is 0.280. The van der Waals surface area contributed by atoms with Crippen LogP contribution in [0.3, 0.4) is 0 Å². The molecular weight excluding hydrogens is 567 g/mol. The molecule has 7 aromatic rings. The van der Waals surface area contributed by atoms with Crippen LogP contribution in [0.1, 0.15) is 0 Å². The molecule has 0 fully saturated rings. The third-order valence-electron chi connectivity index (χ3n) is 7.46. The Hall–Kier alpha value is -5.30. The second-order valence-electron chi connectivity index (χ2n) is 9.79. The first-order valence-electron chi connectivity index (χ1n) is 13.0. The van der Waals surface area contributed by atoms with E-state index in [1.165, 1.54) is 0 Å². The first-order chi connectivity index (χ1) is 19.8. The molecule has 0 atom stereocenters. The Morgan fingerprint density at radius 3 is 0.833 bits per heavy atom. The Bertz CT molecular complexity index is 2040. The summed E-state index contributed by atoms with van der Waals surface area (Å²) in [6, 6.07) is 32.2. The summed E-state index contributed by atoms with van der Waals surface area (Å²) in [5, 5.41) is 3.82. The average molecular weight is 586 g/mol. The molecular formula is C32H18CrFN8+. The van der Waals surface area contributed by atoms with Gasteiger partial charge in [0.05, 0.1) is 0 Å². The fourth-order valence-electron chi connectivity index (χ4n) is 5.59. The number of aromatic nitrogens is 8. The van der Waals surface area contributed by atoms with Gasteiger partial charge in [0.25, 0.3) is 0 Å². The molecule has 0 spiro atoms. The van der Waals surface area contributed by atoms with Crippen molar-refractivity contribution in [3.05, 3.63) is 97.1 Å². The molecule has 9 rings (SSSR count). The van der Waals surface area contributed by atoms with E-state index in [1.54, 1.807) is 0 Å². The Morgan fingerprint density at radius 2 is 0.571 bits per heavy atom. The molecule has 0 saturated carbocycles. The van der Waals surface area contributed by atoms with Crippen molar-refractivity contribution in [3.63, 3.8) is 0 Å². The summed E-state index contributed by atoms with van der Waals surface area (Å²) in [6.07, 6.45) is 0. The van der Waals surface area contributed by atoms with Gasteiger partial charge in [0.15, 0.2) is 23.3 Å². The van der Waals surface area contributed by atoms with Crippen molar-refractivity contribution in [2.75, 3.05) is 0 Å². The maximum absolute atomic E-state index is 5.02. The maximum Gasteiger partial charge on any atom is 2.00 e. The van der Waals surface area contributed by atoms with Crippen LogP contribution in [0.4, 0.5) is 0 Å². The molecule has 2 N–H and O–H groups in total. The molecule has 0 saturated heterocycles. The second kappa shape index (κ2) is 9.66. The molecule has 2 aliphatic heterocycles. The number of rotatable bonds is 0. The van der Waals surface area contributed by atoms with E-state index in [0.29, 0.717) is 45.9 Å². The molecule has 8 bridgehead atoms. The summed E-state index contributed by atoms with van der Waals surface area (Å²) in [5.74, 6) is 2.39. The summed E-state index contributed by atoms with van der Waals surface area (Å²) in [5.41, 5.74) is 6.45. The van der Waals surface area contributed by atoms with Crippen molar-refractivity contribution in [1.82, 2.24) is 39.9 Å². The van der Waals surface area contributed by atoms with Gasteiger partial charge in [0.1, 0.15) is 22.6 Å². The van der Waals surface area contributed by atoms with Gasteiger partial charge in [-0.2, -0.15) is 0 Å². The molecule has 0 amide bonds. The number of hydrogen-bond donors (Lipinski definition) is 2. The minimum absolute atomic E-state index is 0. The zero-order valence-corrected chi connectivity index (χ0v) is 23.0. The van der Waals surface area contributed by atoms with Crippen LogP contribution in [0.2, 0.25) is 0 Å². The van der Waals surface area contributed by atoms with Gasteiger partial charge >= 0.3 is 17.4 Å².